The molecule has 2 rings (SSSR count). The Morgan fingerprint density at radius 3 is 1.09 bits per heavy atom. The van der Waals surface area contributed by atoms with E-state index in [9.17, 15) is 25.9 Å². The molecule has 0 radical (unpaired) electrons. The summed E-state index contributed by atoms with van der Waals surface area (Å²) in [4.78, 5) is -0.278. The Morgan fingerprint density at radius 1 is 0.652 bits per heavy atom. The van der Waals surface area contributed by atoms with Crippen molar-refractivity contribution in [2.24, 2.45) is 0 Å². The van der Waals surface area contributed by atoms with Gasteiger partial charge in [-0.15, -0.1) is 0 Å². The van der Waals surface area contributed by atoms with E-state index in [2.05, 4.69) is 0 Å². The van der Waals surface area contributed by atoms with E-state index in [1.807, 2.05) is 0 Å². The van der Waals surface area contributed by atoms with Crippen molar-refractivity contribution in [3.8, 4) is 0 Å². The molecule has 120 valence electrons. The second kappa shape index (κ2) is 8.76. The Kier molecular flexibility index (Phi) is 8.39. The number of benzene rings is 2. The van der Waals surface area contributed by atoms with E-state index < -0.39 is 20.2 Å². The molecule has 0 spiro atoms. The maximum atomic E-state index is 10.5. The van der Waals surface area contributed by atoms with Gasteiger partial charge in [-0.25, -0.2) is 16.8 Å². The third-order valence-corrected chi connectivity index (χ3v) is 4.72. The SMILES string of the molecule is Cc1ccccc1S(=O)(=O)[O-].Cc1ccccc1S(=O)(=O)[O-].[Mg+2]. The van der Waals surface area contributed by atoms with E-state index in [0.717, 1.165) is 0 Å². The molecule has 0 aliphatic rings. The normalized spacial score (nSPS) is 11.0. The van der Waals surface area contributed by atoms with Crippen molar-refractivity contribution in [3.63, 3.8) is 0 Å². The molecule has 0 aliphatic heterocycles. The topological polar surface area (TPSA) is 114 Å². The molecule has 2 aromatic rings. The molecule has 2 aromatic carbocycles. The Bertz CT molecular complexity index is 787. The summed E-state index contributed by atoms with van der Waals surface area (Å²) in [6.45, 7) is 3.18. The summed E-state index contributed by atoms with van der Waals surface area (Å²) in [5, 5.41) is 0. The van der Waals surface area contributed by atoms with E-state index in [4.69, 9.17) is 0 Å². The fourth-order valence-corrected chi connectivity index (χ4v) is 3.09. The van der Waals surface area contributed by atoms with E-state index in [-0.39, 0.29) is 32.8 Å². The molecule has 0 fully saturated rings. The fourth-order valence-electron chi connectivity index (χ4n) is 1.67. The van der Waals surface area contributed by atoms with Gasteiger partial charge in [-0.3, -0.25) is 0 Å². The van der Waals surface area contributed by atoms with Gasteiger partial charge in [-0.05, 0) is 37.1 Å². The third kappa shape index (κ3) is 6.98. The van der Waals surface area contributed by atoms with Crippen molar-refractivity contribution in [2.45, 2.75) is 23.6 Å². The summed E-state index contributed by atoms with van der Waals surface area (Å²) >= 11 is 0. The minimum atomic E-state index is -4.28. The molecular weight excluding hydrogens is 353 g/mol. The summed E-state index contributed by atoms with van der Waals surface area (Å²) < 4.78 is 63.0. The van der Waals surface area contributed by atoms with Gasteiger partial charge in [0.1, 0.15) is 20.2 Å². The van der Waals surface area contributed by atoms with Gasteiger partial charge in [-0.1, -0.05) is 36.4 Å². The van der Waals surface area contributed by atoms with Crippen molar-refractivity contribution < 1.29 is 25.9 Å². The van der Waals surface area contributed by atoms with Gasteiger partial charge in [-0.2, -0.15) is 0 Å². The van der Waals surface area contributed by atoms with Crippen LogP contribution in [0.2, 0.25) is 0 Å². The van der Waals surface area contributed by atoms with Crippen LogP contribution >= 0.6 is 0 Å². The second-order valence-electron chi connectivity index (χ2n) is 4.44. The smallest absolute Gasteiger partial charge is 0.744 e. The first-order valence-corrected chi connectivity index (χ1v) is 8.88. The Hall–Kier alpha value is -0.974. The van der Waals surface area contributed by atoms with Gasteiger partial charge in [0.05, 0.1) is 9.79 Å². The van der Waals surface area contributed by atoms with Crippen molar-refractivity contribution in [3.05, 3.63) is 59.7 Å². The predicted octanol–water partition coefficient (Wildman–Crippen LogP) is 1.42. The molecule has 23 heavy (non-hydrogen) atoms. The fraction of sp³-hybridized carbons (Fsp3) is 0.143. The zero-order valence-electron chi connectivity index (χ0n) is 12.6. The van der Waals surface area contributed by atoms with Crippen LogP contribution in [0, 0.1) is 13.8 Å². The molecule has 0 saturated carbocycles. The Morgan fingerprint density at radius 2 is 0.913 bits per heavy atom. The molecule has 0 unspecified atom stereocenters. The maximum Gasteiger partial charge on any atom is 2.00 e. The van der Waals surface area contributed by atoms with Gasteiger partial charge in [0.2, 0.25) is 0 Å². The summed E-state index contributed by atoms with van der Waals surface area (Å²) in [5.41, 5.74) is 0.977. The van der Waals surface area contributed by atoms with Crippen molar-refractivity contribution >= 4 is 43.3 Å². The van der Waals surface area contributed by atoms with Crippen molar-refractivity contribution in [1.82, 2.24) is 0 Å². The second-order valence-corrected chi connectivity index (χ2v) is 7.14. The van der Waals surface area contributed by atoms with Crippen LogP contribution in [0.1, 0.15) is 11.1 Å². The van der Waals surface area contributed by atoms with Gasteiger partial charge >= 0.3 is 23.1 Å². The molecular formula is C14H14MgO6S2. The van der Waals surface area contributed by atoms with Crippen LogP contribution in [0.25, 0.3) is 0 Å². The minimum Gasteiger partial charge on any atom is -0.744 e. The first-order valence-electron chi connectivity index (χ1n) is 6.06. The summed E-state index contributed by atoms with van der Waals surface area (Å²) in [6.07, 6.45) is 0. The quantitative estimate of drug-likeness (QED) is 0.586. The largest absolute Gasteiger partial charge is 2.00 e. The molecule has 0 saturated heterocycles. The first kappa shape index (κ1) is 22.0. The Labute approximate surface area is 152 Å². The molecule has 0 bridgehead atoms. The Balaban J connectivity index is 0.000000403. The average Bonchev–Trinajstić information content (AvgIpc) is 2.37. The summed E-state index contributed by atoms with van der Waals surface area (Å²) in [5.74, 6) is 0. The van der Waals surface area contributed by atoms with E-state index >= 15 is 0 Å². The zero-order valence-corrected chi connectivity index (χ0v) is 15.6. The molecule has 9 heteroatoms. The zero-order chi connectivity index (χ0) is 17.0. The number of rotatable bonds is 2. The minimum absolute atomic E-state index is 0. The first-order chi connectivity index (χ1) is 10.0. The van der Waals surface area contributed by atoms with E-state index in [1.54, 1.807) is 38.1 Å². The maximum absolute atomic E-state index is 10.5. The van der Waals surface area contributed by atoms with Crippen molar-refractivity contribution in [1.29, 1.82) is 0 Å². The number of hydrogen-bond acceptors (Lipinski definition) is 6. The standard InChI is InChI=1S/2C7H8O3S.Mg/c2*1-6-4-2-3-5-7(6)11(8,9)10;/h2*2-5H,1H3,(H,8,9,10);/q;;+2/p-2. The average molecular weight is 367 g/mol. The van der Waals surface area contributed by atoms with E-state index in [1.165, 1.54) is 24.3 Å². The monoisotopic (exact) mass is 366 g/mol. The summed E-state index contributed by atoms with van der Waals surface area (Å²) in [7, 11) is -8.57. The molecule has 0 N–H and O–H groups in total. The molecule has 0 atom stereocenters. The van der Waals surface area contributed by atoms with Crippen LogP contribution in [0.5, 0.6) is 0 Å². The van der Waals surface area contributed by atoms with Gasteiger partial charge in [0.25, 0.3) is 0 Å². The van der Waals surface area contributed by atoms with E-state index in [0.29, 0.717) is 11.1 Å². The van der Waals surface area contributed by atoms with Crippen LogP contribution in [0.3, 0.4) is 0 Å². The van der Waals surface area contributed by atoms with Gasteiger partial charge in [0.15, 0.2) is 0 Å². The molecule has 0 amide bonds. The van der Waals surface area contributed by atoms with Crippen LogP contribution < -0.4 is 0 Å². The van der Waals surface area contributed by atoms with Crippen molar-refractivity contribution in [2.75, 3.05) is 0 Å². The summed E-state index contributed by atoms with van der Waals surface area (Å²) in [6, 6.07) is 12.2. The number of aryl methyl sites for hydroxylation is 2. The predicted molar refractivity (Wildman–Crippen MR) is 84.0 cm³/mol. The number of hydrogen-bond donors (Lipinski definition) is 0. The third-order valence-electron chi connectivity index (χ3n) is 2.73. The van der Waals surface area contributed by atoms with Crippen LogP contribution in [0.4, 0.5) is 0 Å². The van der Waals surface area contributed by atoms with Gasteiger partial charge in [0, 0.05) is 0 Å². The van der Waals surface area contributed by atoms with Crippen LogP contribution in [-0.2, 0) is 20.2 Å². The molecule has 0 aromatic heterocycles. The van der Waals surface area contributed by atoms with Crippen LogP contribution in [-0.4, -0.2) is 49.0 Å². The molecule has 6 nitrogen and oxygen atoms in total. The molecule has 0 aliphatic carbocycles. The van der Waals surface area contributed by atoms with Crippen LogP contribution in [0.15, 0.2) is 58.3 Å². The van der Waals surface area contributed by atoms with Gasteiger partial charge < -0.3 is 9.11 Å². The molecule has 0 heterocycles.